The van der Waals surface area contributed by atoms with Crippen LogP contribution in [0.3, 0.4) is 0 Å². The summed E-state index contributed by atoms with van der Waals surface area (Å²) in [5, 5.41) is 8.08. The van der Waals surface area contributed by atoms with Gasteiger partial charge >= 0.3 is 0 Å². The van der Waals surface area contributed by atoms with Crippen molar-refractivity contribution in [1.29, 1.82) is 0 Å². The molecule has 0 saturated heterocycles. The van der Waals surface area contributed by atoms with E-state index < -0.39 is 0 Å². The third kappa shape index (κ3) is 1.52. The number of nitrogens with zero attached hydrogens (tertiary/aromatic N) is 1. The number of benzene rings is 1. The predicted molar refractivity (Wildman–Crippen MR) is 39.7 cm³/mol. The molecule has 0 fully saturated rings. The maximum absolute atomic E-state index is 4.04. The van der Waals surface area contributed by atoms with Crippen LogP contribution in [0.2, 0.25) is 0 Å². The molecule has 1 heterocycles. The normalized spacial score (nSPS) is 9.55. The van der Waals surface area contributed by atoms with Crippen LogP contribution in [0, 0.1) is 13.0 Å². The van der Waals surface area contributed by atoms with Crippen LogP contribution in [-0.4, -0.2) is 10.2 Å². The van der Waals surface area contributed by atoms with Crippen LogP contribution < -0.4 is 0 Å². The first kappa shape index (κ1) is 8.89. The molecule has 3 heteroatoms. The van der Waals surface area contributed by atoms with Crippen LogP contribution in [0.4, 0.5) is 0 Å². The van der Waals surface area contributed by atoms with Gasteiger partial charge in [0.25, 0.3) is 0 Å². The Labute approximate surface area is 90.3 Å². The third-order valence-electron chi connectivity index (χ3n) is 1.58. The molecular formula is C8H7N2Y-. The van der Waals surface area contributed by atoms with E-state index in [1.807, 2.05) is 25.1 Å². The van der Waals surface area contributed by atoms with Crippen molar-refractivity contribution in [1.82, 2.24) is 10.2 Å². The quantitative estimate of drug-likeness (QED) is 0.672. The fraction of sp³-hybridized carbons (Fsp3) is 0.125. The largest absolute Gasteiger partial charge is 0.303 e. The minimum Gasteiger partial charge on any atom is -0.303 e. The molecule has 1 aromatic heterocycles. The Kier molecular flexibility index (Phi) is 2.80. The average molecular weight is 220 g/mol. The summed E-state index contributed by atoms with van der Waals surface area (Å²) in [6.07, 6.45) is 0. The van der Waals surface area contributed by atoms with E-state index in [9.17, 15) is 0 Å². The minimum absolute atomic E-state index is 0. The Morgan fingerprint density at radius 2 is 2.36 bits per heavy atom. The minimum atomic E-state index is 0. The van der Waals surface area contributed by atoms with Crippen LogP contribution in [-0.2, 0) is 32.7 Å². The fourth-order valence-electron chi connectivity index (χ4n) is 1.03. The monoisotopic (exact) mass is 220 g/mol. The Hall–Kier alpha value is -0.206. The van der Waals surface area contributed by atoms with Gasteiger partial charge in [-0.15, -0.1) is 0 Å². The zero-order chi connectivity index (χ0) is 6.97. The van der Waals surface area contributed by atoms with Gasteiger partial charge in [0.2, 0.25) is 0 Å². The molecule has 0 aliphatic carbocycles. The van der Waals surface area contributed by atoms with E-state index in [0.717, 1.165) is 16.6 Å². The smallest absolute Gasteiger partial charge is 0.0119 e. The van der Waals surface area contributed by atoms with Crippen molar-refractivity contribution >= 4 is 10.9 Å². The SMILES string of the molecule is Cc1n[nH]c2[c-]cccc12.[Y]. The number of aromatic amines is 1. The summed E-state index contributed by atoms with van der Waals surface area (Å²) in [5.74, 6) is 0. The maximum atomic E-state index is 4.04. The van der Waals surface area contributed by atoms with Crippen LogP contribution in [0.15, 0.2) is 18.2 Å². The van der Waals surface area contributed by atoms with E-state index >= 15 is 0 Å². The molecule has 2 rings (SSSR count). The predicted octanol–water partition coefficient (Wildman–Crippen LogP) is 1.67. The standard InChI is InChI=1S/C8H7N2.Y/c1-6-7-4-2-3-5-8(7)10-9-6;/h2-4H,1H3,(H,9,10);/q-1;. The Morgan fingerprint density at radius 1 is 1.55 bits per heavy atom. The van der Waals surface area contributed by atoms with Gasteiger partial charge in [0.05, 0.1) is 0 Å². The van der Waals surface area contributed by atoms with Gasteiger partial charge in [-0.25, -0.2) is 0 Å². The summed E-state index contributed by atoms with van der Waals surface area (Å²) >= 11 is 0. The summed E-state index contributed by atoms with van der Waals surface area (Å²) < 4.78 is 0. The van der Waals surface area contributed by atoms with Gasteiger partial charge in [0.15, 0.2) is 0 Å². The number of hydrogen-bond donors (Lipinski definition) is 1. The summed E-state index contributed by atoms with van der Waals surface area (Å²) in [6, 6.07) is 8.92. The summed E-state index contributed by atoms with van der Waals surface area (Å²) in [6.45, 7) is 1.98. The first-order valence-electron chi connectivity index (χ1n) is 3.19. The Bertz CT molecular complexity index is 354. The van der Waals surface area contributed by atoms with Gasteiger partial charge in [0.1, 0.15) is 0 Å². The second-order valence-corrected chi connectivity index (χ2v) is 2.27. The average Bonchev–Trinajstić information content (AvgIpc) is 2.34. The topological polar surface area (TPSA) is 28.7 Å². The molecule has 0 unspecified atom stereocenters. The van der Waals surface area contributed by atoms with Crippen molar-refractivity contribution in [2.24, 2.45) is 0 Å². The number of aryl methyl sites for hydroxylation is 1. The number of hydrogen-bond acceptors (Lipinski definition) is 1. The number of H-pyrrole nitrogens is 1. The van der Waals surface area contributed by atoms with Gasteiger partial charge in [0, 0.05) is 38.4 Å². The molecule has 0 spiro atoms. The molecule has 2 aromatic rings. The molecule has 1 radical (unpaired) electrons. The third-order valence-corrected chi connectivity index (χ3v) is 1.58. The van der Waals surface area contributed by atoms with E-state index in [-0.39, 0.29) is 32.7 Å². The zero-order valence-electron chi connectivity index (χ0n) is 6.26. The molecule has 1 N–H and O–H groups in total. The fourth-order valence-corrected chi connectivity index (χ4v) is 1.03. The van der Waals surface area contributed by atoms with Gasteiger partial charge in [-0.3, -0.25) is 0 Å². The molecule has 0 bridgehead atoms. The second kappa shape index (κ2) is 3.46. The molecule has 1 aromatic carbocycles. The van der Waals surface area contributed by atoms with Crippen LogP contribution in [0.5, 0.6) is 0 Å². The zero-order valence-corrected chi connectivity index (χ0v) is 9.09. The van der Waals surface area contributed by atoms with Crippen LogP contribution >= 0.6 is 0 Å². The van der Waals surface area contributed by atoms with Crippen molar-refractivity contribution in [3.05, 3.63) is 30.0 Å². The number of rotatable bonds is 0. The van der Waals surface area contributed by atoms with Gasteiger partial charge in [-0.05, 0) is 12.4 Å². The van der Waals surface area contributed by atoms with Crippen molar-refractivity contribution in [3.8, 4) is 0 Å². The Balaban J connectivity index is 0.000000605. The number of fused-ring (bicyclic) bond motifs is 1. The number of aromatic nitrogens is 2. The van der Waals surface area contributed by atoms with Crippen LogP contribution in [0.1, 0.15) is 5.69 Å². The summed E-state index contributed by atoms with van der Waals surface area (Å²) in [5.41, 5.74) is 2.02. The van der Waals surface area contributed by atoms with E-state index in [0.29, 0.717) is 0 Å². The molecule has 0 atom stereocenters. The van der Waals surface area contributed by atoms with Crippen LogP contribution in [0.25, 0.3) is 10.9 Å². The molecule has 53 valence electrons. The maximum Gasteiger partial charge on any atom is 0.0119 e. The molecule has 0 saturated carbocycles. The molecular weight excluding hydrogens is 213 g/mol. The van der Waals surface area contributed by atoms with Crippen molar-refractivity contribution in [3.63, 3.8) is 0 Å². The molecule has 11 heavy (non-hydrogen) atoms. The number of para-hydroxylation sites is 1. The van der Waals surface area contributed by atoms with E-state index in [4.69, 9.17) is 0 Å². The first-order valence-corrected chi connectivity index (χ1v) is 3.19. The second-order valence-electron chi connectivity index (χ2n) is 2.27. The summed E-state index contributed by atoms with van der Waals surface area (Å²) in [4.78, 5) is 0. The first-order chi connectivity index (χ1) is 4.88. The molecule has 0 aliphatic rings. The van der Waals surface area contributed by atoms with Crippen molar-refractivity contribution < 1.29 is 32.7 Å². The van der Waals surface area contributed by atoms with E-state index in [1.54, 1.807) is 0 Å². The van der Waals surface area contributed by atoms with E-state index in [1.165, 1.54) is 0 Å². The Morgan fingerprint density at radius 3 is 3.09 bits per heavy atom. The van der Waals surface area contributed by atoms with Crippen molar-refractivity contribution in [2.45, 2.75) is 6.92 Å². The van der Waals surface area contributed by atoms with Gasteiger partial charge in [-0.1, -0.05) is 5.39 Å². The van der Waals surface area contributed by atoms with Gasteiger partial charge in [-0.2, -0.15) is 29.4 Å². The molecule has 0 aliphatic heterocycles. The van der Waals surface area contributed by atoms with Crippen molar-refractivity contribution in [2.75, 3.05) is 0 Å². The number of nitrogens with one attached hydrogen (secondary N) is 1. The summed E-state index contributed by atoms with van der Waals surface area (Å²) in [7, 11) is 0. The molecule has 0 amide bonds. The van der Waals surface area contributed by atoms with Gasteiger partial charge < -0.3 is 5.10 Å². The molecule has 2 nitrogen and oxygen atoms in total. The van der Waals surface area contributed by atoms with E-state index in [2.05, 4.69) is 16.3 Å².